The van der Waals surface area contributed by atoms with Crippen LogP contribution in [0, 0.1) is 0 Å². The third-order valence-electron chi connectivity index (χ3n) is 4.21. The third kappa shape index (κ3) is 3.36. The second-order valence-electron chi connectivity index (χ2n) is 5.75. The Morgan fingerprint density at radius 1 is 0.609 bits per heavy atom. The molecule has 9 N–H and O–H groups in total. The highest BCUT2D eigenvalue weighted by Crippen LogP contribution is 2.29. The molecule has 0 radical (unpaired) electrons. The number of rotatable bonds is 3. The van der Waals surface area contributed by atoms with Gasteiger partial charge in [0.2, 0.25) is 0 Å². The quantitative estimate of drug-likeness (QED) is 0.236. The van der Waals surface area contributed by atoms with Crippen molar-refractivity contribution in [3.05, 3.63) is 0 Å². The molecule has 136 valence electrons. The fourth-order valence-electron chi connectivity index (χ4n) is 2.69. The molecule has 0 spiro atoms. The molecule has 1 aliphatic carbocycles. The Bertz CT molecular complexity index is 377. The van der Waals surface area contributed by atoms with Gasteiger partial charge in [-0.25, -0.2) is 0 Å². The zero-order valence-electron chi connectivity index (χ0n) is 11.9. The molecule has 2 aliphatic rings. The van der Waals surface area contributed by atoms with E-state index in [9.17, 15) is 40.9 Å². The molecule has 0 amide bonds. The van der Waals surface area contributed by atoms with Gasteiger partial charge in [-0.2, -0.15) is 0 Å². The molecule has 1 saturated carbocycles. The average Bonchev–Trinajstić information content (AvgIpc) is 2.54. The minimum Gasteiger partial charge on any atom is -0.394 e. The van der Waals surface area contributed by atoms with E-state index in [0.29, 0.717) is 0 Å². The van der Waals surface area contributed by atoms with Crippen molar-refractivity contribution >= 4 is 0 Å². The van der Waals surface area contributed by atoms with Crippen LogP contribution in [0.2, 0.25) is 0 Å². The SMILES string of the molecule is OC[C@H]1OC(OC2[C@H](O)[C@H](O)C(O)[C@H](O)[C@H]2O)[C@H](O)[C@@H](O)[C@H]1O. The highest BCUT2D eigenvalue weighted by atomic mass is 16.7. The number of hydrogen-bond acceptors (Lipinski definition) is 11. The van der Waals surface area contributed by atoms with Crippen LogP contribution in [0.3, 0.4) is 0 Å². The van der Waals surface area contributed by atoms with Gasteiger partial charge in [-0.1, -0.05) is 0 Å². The first-order valence-corrected chi connectivity index (χ1v) is 7.07. The Balaban J connectivity index is 2.13. The maximum absolute atomic E-state index is 9.85. The van der Waals surface area contributed by atoms with Gasteiger partial charge in [0, 0.05) is 0 Å². The van der Waals surface area contributed by atoms with Gasteiger partial charge in [-0.05, 0) is 0 Å². The van der Waals surface area contributed by atoms with E-state index in [4.69, 9.17) is 14.6 Å². The summed E-state index contributed by atoms with van der Waals surface area (Å²) in [5.74, 6) is 0. The number of hydrogen-bond donors (Lipinski definition) is 9. The van der Waals surface area contributed by atoms with Gasteiger partial charge < -0.3 is 55.4 Å². The molecule has 1 saturated heterocycles. The van der Waals surface area contributed by atoms with E-state index in [1.807, 2.05) is 0 Å². The lowest BCUT2D eigenvalue weighted by atomic mass is 9.84. The van der Waals surface area contributed by atoms with Gasteiger partial charge in [0.05, 0.1) is 6.61 Å². The lowest BCUT2D eigenvalue weighted by molar-refractivity contribution is -0.339. The summed E-state index contributed by atoms with van der Waals surface area (Å²) in [6, 6.07) is 0. The Morgan fingerprint density at radius 2 is 1.04 bits per heavy atom. The monoisotopic (exact) mass is 342 g/mol. The van der Waals surface area contributed by atoms with Crippen LogP contribution in [0.4, 0.5) is 0 Å². The maximum atomic E-state index is 9.85. The molecule has 11 heteroatoms. The molecule has 0 aromatic rings. The molecule has 11 atom stereocenters. The standard InChI is InChI=1S/C12H22O11/c13-1-2-3(14)4(15)10(21)12(22-2)23-11-8(19)6(17)5(16)7(18)9(11)20/h2-21H,1H2/t2-,3+,4+,5?,6-,7+,8-,9-,10-,11?,12?/m1/s1. The summed E-state index contributed by atoms with van der Waals surface area (Å²) in [4.78, 5) is 0. The van der Waals surface area contributed by atoms with Crippen molar-refractivity contribution in [2.45, 2.75) is 67.3 Å². The molecule has 0 bridgehead atoms. The van der Waals surface area contributed by atoms with Crippen molar-refractivity contribution in [3.63, 3.8) is 0 Å². The van der Waals surface area contributed by atoms with Crippen molar-refractivity contribution in [2.75, 3.05) is 6.61 Å². The van der Waals surface area contributed by atoms with E-state index >= 15 is 0 Å². The van der Waals surface area contributed by atoms with Gasteiger partial charge in [0.15, 0.2) is 6.29 Å². The molecule has 2 fully saturated rings. The number of aliphatic hydroxyl groups excluding tert-OH is 9. The summed E-state index contributed by atoms with van der Waals surface area (Å²) in [6.45, 7) is -0.704. The molecule has 1 aliphatic heterocycles. The van der Waals surface area contributed by atoms with Crippen LogP contribution in [0.25, 0.3) is 0 Å². The largest absolute Gasteiger partial charge is 0.394 e. The van der Waals surface area contributed by atoms with Crippen LogP contribution < -0.4 is 0 Å². The maximum Gasteiger partial charge on any atom is 0.187 e. The summed E-state index contributed by atoms with van der Waals surface area (Å²) >= 11 is 0. The van der Waals surface area contributed by atoms with E-state index in [1.54, 1.807) is 0 Å². The van der Waals surface area contributed by atoms with Crippen molar-refractivity contribution in [1.82, 2.24) is 0 Å². The first kappa shape index (κ1) is 18.9. The summed E-state index contributed by atoms with van der Waals surface area (Å²) in [5.41, 5.74) is 0. The Labute approximate surface area is 130 Å². The molecule has 0 aromatic heterocycles. The van der Waals surface area contributed by atoms with Crippen LogP contribution in [-0.4, -0.2) is 120 Å². The Hall–Kier alpha value is -0.440. The van der Waals surface area contributed by atoms with Gasteiger partial charge in [-0.15, -0.1) is 0 Å². The second-order valence-corrected chi connectivity index (χ2v) is 5.75. The molecule has 1 heterocycles. The summed E-state index contributed by atoms with van der Waals surface area (Å²) in [6.07, 6.45) is -18.9. The first-order valence-electron chi connectivity index (χ1n) is 7.07. The molecular weight excluding hydrogens is 320 g/mol. The van der Waals surface area contributed by atoms with Crippen molar-refractivity contribution in [1.29, 1.82) is 0 Å². The minimum absolute atomic E-state index is 0.704. The Morgan fingerprint density at radius 3 is 1.52 bits per heavy atom. The Kier molecular flexibility index (Phi) is 5.92. The summed E-state index contributed by atoms with van der Waals surface area (Å²) in [7, 11) is 0. The van der Waals surface area contributed by atoms with Gasteiger partial charge in [0.25, 0.3) is 0 Å². The average molecular weight is 342 g/mol. The molecule has 11 nitrogen and oxygen atoms in total. The van der Waals surface area contributed by atoms with Crippen molar-refractivity contribution in [2.24, 2.45) is 0 Å². The first-order chi connectivity index (χ1) is 10.7. The molecule has 0 aromatic carbocycles. The fraction of sp³-hybridized carbons (Fsp3) is 1.00. The van der Waals surface area contributed by atoms with Crippen LogP contribution in [0.1, 0.15) is 0 Å². The van der Waals surface area contributed by atoms with E-state index in [-0.39, 0.29) is 0 Å². The summed E-state index contributed by atoms with van der Waals surface area (Å²) in [5, 5.41) is 86.6. The normalized spacial score (nSPS) is 54.9. The minimum atomic E-state index is -1.83. The van der Waals surface area contributed by atoms with Crippen molar-refractivity contribution in [3.8, 4) is 0 Å². The van der Waals surface area contributed by atoms with Gasteiger partial charge in [-0.3, -0.25) is 0 Å². The molecule has 2 rings (SSSR count). The smallest absolute Gasteiger partial charge is 0.187 e. The van der Waals surface area contributed by atoms with Crippen LogP contribution >= 0.6 is 0 Å². The highest BCUT2D eigenvalue weighted by molar-refractivity contribution is 5.00. The lowest BCUT2D eigenvalue weighted by Crippen LogP contribution is -2.67. The summed E-state index contributed by atoms with van der Waals surface area (Å²) < 4.78 is 10.2. The number of ether oxygens (including phenoxy) is 2. The topological polar surface area (TPSA) is 201 Å². The third-order valence-corrected chi connectivity index (χ3v) is 4.21. The lowest BCUT2D eigenvalue weighted by Gasteiger charge is -2.45. The van der Waals surface area contributed by atoms with Crippen LogP contribution in [-0.2, 0) is 9.47 Å². The van der Waals surface area contributed by atoms with E-state index < -0.39 is 73.9 Å². The molecule has 23 heavy (non-hydrogen) atoms. The predicted octanol–water partition coefficient (Wildman–Crippen LogP) is -6.01. The van der Waals surface area contributed by atoms with Gasteiger partial charge >= 0.3 is 0 Å². The van der Waals surface area contributed by atoms with Gasteiger partial charge in [0.1, 0.15) is 61.0 Å². The van der Waals surface area contributed by atoms with E-state index in [0.717, 1.165) is 0 Å². The van der Waals surface area contributed by atoms with Crippen molar-refractivity contribution < 1.29 is 55.4 Å². The van der Waals surface area contributed by atoms with Crippen LogP contribution in [0.5, 0.6) is 0 Å². The zero-order chi connectivity index (χ0) is 17.5. The predicted molar refractivity (Wildman–Crippen MR) is 68.7 cm³/mol. The zero-order valence-corrected chi connectivity index (χ0v) is 11.9. The van der Waals surface area contributed by atoms with Crippen LogP contribution in [0.15, 0.2) is 0 Å². The molecule has 3 unspecified atom stereocenters. The second kappa shape index (κ2) is 7.21. The fourth-order valence-corrected chi connectivity index (χ4v) is 2.69. The van der Waals surface area contributed by atoms with E-state index in [2.05, 4.69) is 0 Å². The highest BCUT2D eigenvalue weighted by Gasteiger charge is 2.52. The molecular formula is C12H22O11. The van der Waals surface area contributed by atoms with E-state index in [1.165, 1.54) is 0 Å². The number of aliphatic hydroxyl groups is 9.